The zero-order chi connectivity index (χ0) is 22.8. The van der Waals surface area contributed by atoms with Gasteiger partial charge >= 0.3 is 0 Å². The van der Waals surface area contributed by atoms with Gasteiger partial charge in [0.05, 0.1) is 5.52 Å². The second-order valence-corrected chi connectivity index (χ2v) is 9.94. The van der Waals surface area contributed by atoms with E-state index in [9.17, 15) is 0 Å². The number of aromatic nitrogens is 3. The summed E-state index contributed by atoms with van der Waals surface area (Å²) in [5.74, 6) is 4.22. The molecule has 2 atom stereocenters. The molecule has 5 rings (SSSR count). The van der Waals surface area contributed by atoms with Crippen molar-refractivity contribution in [2.75, 3.05) is 29.5 Å². The van der Waals surface area contributed by atoms with Crippen molar-refractivity contribution in [2.45, 2.75) is 64.3 Å². The fraction of sp³-hybridized carbons (Fsp3) is 0.519. The second kappa shape index (κ2) is 9.54. The van der Waals surface area contributed by atoms with E-state index in [1.165, 1.54) is 49.5 Å². The SMILES string of the molecule is CCc1c(N)ncnc1N(C)C1CCC(CCc2ccc3ccc(NCC4CC4)nc3c2)C1. The summed E-state index contributed by atoms with van der Waals surface area (Å²) < 4.78 is 0. The predicted octanol–water partition coefficient (Wildman–Crippen LogP) is 5.23. The van der Waals surface area contributed by atoms with Crippen LogP contribution in [0.3, 0.4) is 0 Å². The van der Waals surface area contributed by atoms with Crippen molar-refractivity contribution in [2.24, 2.45) is 11.8 Å². The molecule has 0 saturated heterocycles. The van der Waals surface area contributed by atoms with Gasteiger partial charge in [0.25, 0.3) is 0 Å². The molecule has 3 N–H and O–H groups in total. The standard InChI is InChI=1S/C27H36N6/c1-3-23-26(28)30-17-31-27(23)33(2)22-12-9-18(14-22)4-5-19-8-10-21-11-13-25(32-24(21)15-19)29-16-20-6-7-20/h8,10-11,13,15,17-18,20,22H,3-7,9,12,14,16H2,1-2H3,(H,29,32)(H2,28,30,31). The third-order valence-corrected chi connectivity index (χ3v) is 7.57. The molecule has 2 fully saturated rings. The van der Waals surface area contributed by atoms with Crippen LogP contribution in [0.25, 0.3) is 10.9 Å². The summed E-state index contributed by atoms with van der Waals surface area (Å²) in [5, 5.41) is 4.72. The van der Waals surface area contributed by atoms with Crippen LogP contribution in [0, 0.1) is 11.8 Å². The van der Waals surface area contributed by atoms with Gasteiger partial charge < -0.3 is 16.0 Å². The smallest absolute Gasteiger partial charge is 0.137 e. The van der Waals surface area contributed by atoms with E-state index in [0.29, 0.717) is 11.9 Å². The van der Waals surface area contributed by atoms with E-state index in [1.807, 2.05) is 0 Å². The number of hydrogen-bond donors (Lipinski definition) is 2. The lowest BCUT2D eigenvalue weighted by Gasteiger charge is -2.28. The lowest BCUT2D eigenvalue weighted by molar-refractivity contribution is 0.491. The molecule has 0 aliphatic heterocycles. The monoisotopic (exact) mass is 444 g/mol. The number of benzene rings is 1. The molecule has 2 heterocycles. The molecular weight excluding hydrogens is 408 g/mol. The van der Waals surface area contributed by atoms with E-state index in [-0.39, 0.29) is 0 Å². The summed E-state index contributed by atoms with van der Waals surface area (Å²) in [6.07, 6.45) is 11.2. The van der Waals surface area contributed by atoms with E-state index >= 15 is 0 Å². The van der Waals surface area contributed by atoms with Crippen molar-refractivity contribution >= 4 is 28.4 Å². The molecule has 3 aromatic rings. The summed E-state index contributed by atoms with van der Waals surface area (Å²) in [5.41, 5.74) is 9.66. The molecule has 0 radical (unpaired) electrons. The van der Waals surface area contributed by atoms with E-state index < -0.39 is 0 Å². The Morgan fingerprint density at radius 1 is 1.06 bits per heavy atom. The average molecular weight is 445 g/mol. The average Bonchev–Trinajstić information content (AvgIpc) is 3.55. The topological polar surface area (TPSA) is 80.0 Å². The maximum absolute atomic E-state index is 6.10. The Kier molecular flexibility index (Phi) is 6.34. The molecule has 33 heavy (non-hydrogen) atoms. The minimum atomic E-state index is 0.521. The van der Waals surface area contributed by atoms with Crippen LogP contribution in [0.1, 0.15) is 56.6 Å². The van der Waals surface area contributed by atoms with Gasteiger partial charge in [-0.05, 0) is 87.0 Å². The number of fused-ring (bicyclic) bond motifs is 1. The highest BCUT2D eigenvalue weighted by Gasteiger charge is 2.29. The molecule has 1 aromatic carbocycles. The van der Waals surface area contributed by atoms with Crippen molar-refractivity contribution in [1.29, 1.82) is 0 Å². The first-order chi connectivity index (χ1) is 16.1. The van der Waals surface area contributed by atoms with Gasteiger partial charge in [0.1, 0.15) is 23.8 Å². The molecule has 2 aliphatic carbocycles. The number of hydrogen-bond acceptors (Lipinski definition) is 6. The summed E-state index contributed by atoms with van der Waals surface area (Å²) in [6, 6.07) is 11.6. The van der Waals surface area contributed by atoms with E-state index in [4.69, 9.17) is 10.7 Å². The number of nitrogen functional groups attached to an aromatic ring is 1. The molecule has 6 nitrogen and oxygen atoms in total. The predicted molar refractivity (Wildman–Crippen MR) is 137 cm³/mol. The first-order valence-corrected chi connectivity index (χ1v) is 12.6. The minimum Gasteiger partial charge on any atom is -0.383 e. The number of nitrogens with two attached hydrogens (primary N) is 1. The molecule has 2 unspecified atom stereocenters. The van der Waals surface area contributed by atoms with Crippen molar-refractivity contribution in [3.05, 3.63) is 47.8 Å². The number of nitrogens with one attached hydrogen (secondary N) is 1. The van der Waals surface area contributed by atoms with Crippen LogP contribution in [-0.2, 0) is 12.8 Å². The number of nitrogens with zero attached hydrogens (tertiary/aromatic N) is 4. The molecule has 174 valence electrons. The maximum Gasteiger partial charge on any atom is 0.137 e. The first-order valence-electron chi connectivity index (χ1n) is 12.6. The summed E-state index contributed by atoms with van der Waals surface area (Å²) in [6.45, 7) is 3.17. The molecule has 6 heteroatoms. The van der Waals surface area contributed by atoms with E-state index in [0.717, 1.165) is 53.9 Å². The Bertz CT molecular complexity index is 1110. The summed E-state index contributed by atoms with van der Waals surface area (Å²) in [7, 11) is 2.16. The number of anilines is 3. The van der Waals surface area contributed by atoms with Crippen LogP contribution >= 0.6 is 0 Å². The number of pyridine rings is 1. The van der Waals surface area contributed by atoms with Gasteiger partial charge in [-0.15, -0.1) is 0 Å². The Hall–Kier alpha value is -2.89. The lowest BCUT2D eigenvalue weighted by Crippen LogP contribution is -2.31. The van der Waals surface area contributed by atoms with Gasteiger partial charge in [0.2, 0.25) is 0 Å². The van der Waals surface area contributed by atoms with Crippen LogP contribution in [0.5, 0.6) is 0 Å². The highest BCUT2D eigenvalue weighted by Crippen LogP contribution is 2.35. The van der Waals surface area contributed by atoms with Crippen LogP contribution in [0.4, 0.5) is 17.5 Å². The van der Waals surface area contributed by atoms with Crippen LogP contribution in [0.15, 0.2) is 36.7 Å². The largest absolute Gasteiger partial charge is 0.383 e. The maximum atomic E-state index is 6.10. The van der Waals surface area contributed by atoms with Gasteiger partial charge in [-0.3, -0.25) is 0 Å². The van der Waals surface area contributed by atoms with E-state index in [1.54, 1.807) is 6.33 Å². The molecular formula is C27H36N6. The van der Waals surface area contributed by atoms with E-state index in [2.05, 4.69) is 64.5 Å². The Morgan fingerprint density at radius 3 is 2.70 bits per heavy atom. The summed E-state index contributed by atoms with van der Waals surface area (Å²) in [4.78, 5) is 15.9. The van der Waals surface area contributed by atoms with Crippen molar-refractivity contribution in [3.8, 4) is 0 Å². The molecule has 2 saturated carbocycles. The van der Waals surface area contributed by atoms with Gasteiger partial charge in [0, 0.05) is 30.6 Å². The Morgan fingerprint density at radius 2 is 1.88 bits per heavy atom. The molecule has 2 aromatic heterocycles. The normalized spacial score (nSPS) is 20.3. The quantitative estimate of drug-likeness (QED) is 0.470. The second-order valence-electron chi connectivity index (χ2n) is 9.94. The summed E-state index contributed by atoms with van der Waals surface area (Å²) >= 11 is 0. The minimum absolute atomic E-state index is 0.521. The zero-order valence-electron chi connectivity index (χ0n) is 19.9. The van der Waals surface area contributed by atoms with Crippen LogP contribution < -0.4 is 16.0 Å². The third-order valence-electron chi connectivity index (χ3n) is 7.57. The number of aryl methyl sites for hydroxylation is 1. The van der Waals surface area contributed by atoms with Crippen LogP contribution in [0.2, 0.25) is 0 Å². The molecule has 2 aliphatic rings. The fourth-order valence-corrected chi connectivity index (χ4v) is 5.25. The van der Waals surface area contributed by atoms with Crippen LogP contribution in [-0.4, -0.2) is 34.6 Å². The first kappa shape index (κ1) is 21.9. The Balaban J connectivity index is 1.19. The fourth-order valence-electron chi connectivity index (χ4n) is 5.25. The van der Waals surface area contributed by atoms with Crippen molar-refractivity contribution in [1.82, 2.24) is 15.0 Å². The van der Waals surface area contributed by atoms with Gasteiger partial charge in [-0.25, -0.2) is 15.0 Å². The molecule has 0 bridgehead atoms. The molecule has 0 spiro atoms. The third kappa shape index (κ3) is 5.05. The Labute approximate surface area is 197 Å². The van der Waals surface area contributed by atoms with Gasteiger partial charge in [-0.1, -0.05) is 19.1 Å². The highest BCUT2D eigenvalue weighted by molar-refractivity contribution is 5.81. The lowest BCUT2D eigenvalue weighted by atomic mass is 9.97. The van der Waals surface area contributed by atoms with Gasteiger partial charge in [-0.2, -0.15) is 0 Å². The molecule has 0 amide bonds. The van der Waals surface area contributed by atoms with Crippen molar-refractivity contribution < 1.29 is 0 Å². The number of rotatable bonds is 9. The van der Waals surface area contributed by atoms with Crippen molar-refractivity contribution in [3.63, 3.8) is 0 Å². The highest BCUT2D eigenvalue weighted by atomic mass is 15.2. The zero-order valence-corrected chi connectivity index (χ0v) is 19.9. The van der Waals surface area contributed by atoms with Gasteiger partial charge in [0.15, 0.2) is 0 Å².